The number of halogens is 3. The smallest absolute Gasteiger partial charge is 0.335 e. The number of carboxylic acid groups (broad SMARTS) is 1. The van der Waals surface area contributed by atoms with Gasteiger partial charge in [-0.25, -0.2) is 27.9 Å². The molecule has 49 heavy (non-hydrogen) atoms. The Kier molecular flexibility index (Phi) is 8.54. The molecule has 2 aliphatic heterocycles. The summed E-state index contributed by atoms with van der Waals surface area (Å²) in [6, 6.07) is 17.6. The first-order chi connectivity index (χ1) is 23.6. The van der Waals surface area contributed by atoms with Crippen LogP contribution in [0.5, 0.6) is 5.88 Å². The molecule has 10 nitrogen and oxygen atoms in total. The third kappa shape index (κ3) is 6.33. The Morgan fingerprint density at radius 3 is 2.51 bits per heavy atom. The number of fused-ring (bicyclic) bond motifs is 1. The van der Waals surface area contributed by atoms with Gasteiger partial charge in [-0.3, -0.25) is 4.90 Å². The summed E-state index contributed by atoms with van der Waals surface area (Å²) in [6.07, 6.45) is -0.0766. The molecule has 2 fully saturated rings. The summed E-state index contributed by atoms with van der Waals surface area (Å²) in [5.41, 5.74) is 1.02. The highest BCUT2D eigenvalue weighted by Crippen LogP contribution is 2.34. The van der Waals surface area contributed by atoms with E-state index in [1.165, 1.54) is 36.4 Å². The number of carboxylic acids is 1. The lowest BCUT2D eigenvalue weighted by molar-refractivity contribution is -0.185. The average molecular weight is 670 g/mol. The monoisotopic (exact) mass is 669 g/mol. The van der Waals surface area contributed by atoms with Crippen molar-refractivity contribution in [3.63, 3.8) is 0 Å². The molecule has 0 amide bonds. The minimum Gasteiger partial charge on any atom is -0.478 e. The van der Waals surface area contributed by atoms with Gasteiger partial charge in [-0.1, -0.05) is 12.1 Å². The van der Waals surface area contributed by atoms with Crippen molar-refractivity contribution in [2.75, 3.05) is 33.4 Å². The summed E-state index contributed by atoms with van der Waals surface area (Å²) < 4.78 is 64.5. The van der Waals surface area contributed by atoms with Crippen molar-refractivity contribution >= 4 is 17.0 Å². The van der Waals surface area contributed by atoms with Gasteiger partial charge >= 0.3 is 5.97 Å². The van der Waals surface area contributed by atoms with E-state index in [1.807, 2.05) is 10.6 Å². The molecular formula is C36H30F3N5O5. The number of nitriles is 1. The van der Waals surface area contributed by atoms with E-state index in [1.54, 1.807) is 19.2 Å². The van der Waals surface area contributed by atoms with Gasteiger partial charge in [0.05, 0.1) is 59.7 Å². The van der Waals surface area contributed by atoms with E-state index in [4.69, 9.17) is 24.5 Å². The molecule has 0 atom stereocenters. The minimum atomic E-state index is -1.09. The molecule has 0 spiro atoms. The number of pyridine rings is 1. The van der Waals surface area contributed by atoms with Gasteiger partial charge < -0.3 is 23.9 Å². The minimum absolute atomic E-state index is 0.0493. The molecule has 0 aliphatic carbocycles. The second kappa shape index (κ2) is 13.0. The molecule has 5 aromatic rings. The first-order valence-electron chi connectivity index (χ1n) is 15.5. The lowest BCUT2D eigenvalue weighted by Gasteiger charge is -2.54. The number of aromatic nitrogens is 3. The highest BCUT2D eigenvalue weighted by molar-refractivity contribution is 5.92. The largest absolute Gasteiger partial charge is 0.478 e. The van der Waals surface area contributed by atoms with Crippen LogP contribution in [-0.2, 0) is 29.0 Å². The Morgan fingerprint density at radius 2 is 1.82 bits per heavy atom. The topological polar surface area (TPSA) is 123 Å². The molecule has 3 aromatic carbocycles. The number of imidazole rings is 1. The van der Waals surface area contributed by atoms with Gasteiger partial charge in [0.25, 0.3) is 0 Å². The van der Waals surface area contributed by atoms with Crippen LogP contribution >= 0.6 is 0 Å². The van der Waals surface area contributed by atoms with Crippen LogP contribution in [0, 0.1) is 28.8 Å². The van der Waals surface area contributed by atoms with Crippen molar-refractivity contribution in [1.29, 1.82) is 5.26 Å². The van der Waals surface area contributed by atoms with E-state index >= 15 is 8.78 Å². The third-order valence-electron chi connectivity index (χ3n) is 9.11. The van der Waals surface area contributed by atoms with Crippen molar-refractivity contribution in [1.82, 2.24) is 19.4 Å². The number of rotatable bonds is 11. The Labute approximate surface area is 278 Å². The van der Waals surface area contributed by atoms with Gasteiger partial charge in [0.1, 0.15) is 35.5 Å². The summed E-state index contributed by atoms with van der Waals surface area (Å²) in [5.74, 6) is -2.60. The predicted octanol–water partition coefficient (Wildman–Crippen LogP) is 5.35. The van der Waals surface area contributed by atoms with E-state index < -0.39 is 29.0 Å². The third-order valence-corrected chi connectivity index (χ3v) is 9.11. The maximum absolute atomic E-state index is 15.8. The van der Waals surface area contributed by atoms with Crippen molar-refractivity contribution in [2.45, 2.75) is 31.2 Å². The van der Waals surface area contributed by atoms with Gasteiger partial charge in [0, 0.05) is 43.8 Å². The Bertz CT molecular complexity index is 2120. The molecule has 0 saturated carbocycles. The lowest BCUT2D eigenvalue weighted by atomic mass is 9.90. The number of likely N-dealkylation sites (tertiary alicyclic amines) is 1. The summed E-state index contributed by atoms with van der Waals surface area (Å²) >= 11 is 0. The fraction of sp³-hybridized carbons (Fsp3) is 0.278. The van der Waals surface area contributed by atoms with Crippen molar-refractivity contribution in [2.24, 2.45) is 0 Å². The SMILES string of the molecule is COC1(Cn2c(Cc3cc(F)c(-c4cccc(OCc5ccc(C#N)cc5F)n4)cc3F)nc3ccc(C(=O)O)cc32)CN(C2COC2)C1. The van der Waals surface area contributed by atoms with Crippen LogP contribution in [0.3, 0.4) is 0 Å². The van der Waals surface area contributed by atoms with Crippen LogP contribution in [-0.4, -0.2) is 75.6 Å². The quantitative estimate of drug-likeness (QED) is 0.198. The van der Waals surface area contributed by atoms with Gasteiger partial charge in [0.2, 0.25) is 5.88 Å². The van der Waals surface area contributed by atoms with E-state index in [-0.39, 0.29) is 52.4 Å². The molecule has 1 N–H and O–H groups in total. The summed E-state index contributed by atoms with van der Waals surface area (Å²) in [4.78, 5) is 23.1. The van der Waals surface area contributed by atoms with Crippen LogP contribution in [0.2, 0.25) is 0 Å². The maximum atomic E-state index is 15.8. The Hall–Kier alpha value is -5.29. The number of hydrogen-bond acceptors (Lipinski definition) is 8. The predicted molar refractivity (Wildman–Crippen MR) is 170 cm³/mol. The van der Waals surface area contributed by atoms with E-state index in [0.29, 0.717) is 55.7 Å². The number of carbonyl (C=O) groups is 1. The number of hydrogen-bond donors (Lipinski definition) is 1. The van der Waals surface area contributed by atoms with Crippen LogP contribution in [0.15, 0.2) is 66.7 Å². The van der Waals surface area contributed by atoms with Crippen LogP contribution < -0.4 is 4.74 Å². The number of methoxy groups -OCH3 is 1. The van der Waals surface area contributed by atoms with Crippen LogP contribution in [0.1, 0.15) is 32.9 Å². The number of benzene rings is 3. The number of ether oxygens (including phenoxy) is 3. The van der Waals surface area contributed by atoms with E-state index in [0.717, 1.165) is 18.2 Å². The van der Waals surface area contributed by atoms with Gasteiger partial charge in [-0.05, 0) is 54.1 Å². The van der Waals surface area contributed by atoms with E-state index in [2.05, 4.69) is 9.88 Å². The zero-order valence-electron chi connectivity index (χ0n) is 26.3. The average Bonchev–Trinajstić information content (AvgIpc) is 3.39. The molecule has 4 heterocycles. The molecule has 250 valence electrons. The van der Waals surface area contributed by atoms with Crippen molar-refractivity contribution in [3.05, 3.63) is 112 Å². The molecule has 7 rings (SSSR count). The highest BCUT2D eigenvalue weighted by atomic mass is 19.1. The van der Waals surface area contributed by atoms with Crippen molar-refractivity contribution in [3.8, 4) is 23.2 Å². The van der Waals surface area contributed by atoms with E-state index in [9.17, 15) is 14.3 Å². The fourth-order valence-electron chi connectivity index (χ4n) is 6.21. The van der Waals surface area contributed by atoms with Crippen LogP contribution in [0.25, 0.3) is 22.3 Å². The van der Waals surface area contributed by atoms with Gasteiger partial charge in [0.15, 0.2) is 0 Å². The zero-order valence-corrected chi connectivity index (χ0v) is 26.3. The molecule has 2 saturated heterocycles. The Morgan fingerprint density at radius 1 is 1.02 bits per heavy atom. The van der Waals surface area contributed by atoms with Crippen LogP contribution in [0.4, 0.5) is 13.2 Å². The molecule has 2 aromatic heterocycles. The second-order valence-electron chi connectivity index (χ2n) is 12.3. The number of nitrogens with zero attached hydrogens (tertiary/aromatic N) is 5. The summed E-state index contributed by atoms with van der Waals surface area (Å²) in [6.45, 7) is 2.72. The normalized spacial score (nSPS) is 15.8. The summed E-state index contributed by atoms with van der Waals surface area (Å²) in [7, 11) is 1.63. The lowest BCUT2D eigenvalue weighted by Crippen LogP contribution is -2.70. The highest BCUT2D eigenvalue weighted by Gasteiger charge is 2.48. The van der Waals surface area contributed by atoms with Gasteiger partial charge in [-0.2, -0.15) is 5.26 Å². The standard InChI is InChI=1S/C36H30F3N5O5/c1-47-36(18-43(19-36)25-16-48-17-25)20-44-32-11-22(35(45)46)7-8-31(32)41-33(44)12-24-10-29(39)26(13-28(24)38)30-3-2-4-34(42-30)49-15-23-6-5-21(14-40)9-27(23)37/h2-11,13,25H,12,15-20H2,1H3,(H,45,46). The fourth-order valence-corrected chi connectivity index (χ4v) is 6.21. The Balaban J connectivity index is 1.15. The molecule has 0 radical (unpaired) electrons. The first-order valence-corrected chi connectivity index (χ1v) is 15.5. The first kappa shape index (κ1) is 32.3. The molecule has 0 unspecified atom stereocenters. The summed E-state index contributed by atoms with van der Waals surface area (Å²) in [5, 5.41) is 18.6. The maximum Gasteiger partial charge on any atom is 0.335 e. The molecule has 13 heteroatoms. The molecule has 0 bridgehead atoms. The molecule has 2 aliphatic rings. The second-order valence-corrected chi connectivity index (χ2v) is 12.3. The van der Waals surface area contributed by atoms with Crippen molar-refractivity contribution < 1.29 is 37.3 Å². The molecular weight excluding hydrogens is 639 g/mol. The zero-order chi connectivity index (χ0) is 34.3. The van der Waals surface area contributed by atoms with Gasteiger partial charge in [-0.15, -0.1) is 0 Å². The number of aromatic carboxylic acids is 1.